The van der Waals surface area contributed by atoms with Crippen LogP contribution in [0.15, 0.2) is 30.3 Å². The van der Waals surface area contributed by atoms with Crippen molar-refractivity contribution in [3.8, 4) is 0 Å². The van der Waals surface area contributed by atoms with Gasteiger partial charge in [0.05, 0.1) is 6.10 Å². The second kappa shape index (κ2) is 8.70. The molecule has 0 bridgehead atoms. The number of amides is 1. The van der Waals surface area contributed by atoms with Crippen molar-refractivity contribution >= 4 is 5.91 Å². The van der Waals surface area contributed by atoms with Gasteiger partial charge in [-0.1, -0.05) is 57.0 Å². The van der Waals surface area contributed by atoms with Crippen LogP contribution in [-0.4, -0.2) is 17.6 Å². The number of nitrogens with one attached hydrogen (secondary N) is 1. The maximum atomic E-state index is 12.0. The molecular weight excluding hydrogens is 238 g/mol. The Morgan fingerprint density at radius 2 is 1.74 bits per heavy atom. The standard InChI is InChI=1S/C16H25NO2/c1-3-8-14(9-4-2)16(19)17-12-15(18)13-10-6-5-7-11-13/h5-7,10-11,14-15,18H,3-4,8-9,12H2,1-2H3,(H,17,19). The molecular formula is C16H25NO2. The molecule has 1 amide bonds. The van der Waals surface area contributed by atoms with E-state index in [-0.39, 0.29) is 18.4 Å². The summed E-state index contributed by atoms with van der Waals surface area (Å²) in [6, 6.07) is 9.42. The van der Waals surface area contributed by atoms with Crippen LogP contribution in [-0.2, 0) is 4.79 Å². The fourth-order valence-electron chi connectivity index (χ4n) is 2.24. The normalized spacial score (nSPS) is 12.4. The molecule has 0 spiro atoms. The number of aliphatic hydroxyl groups is 1. The van der Waals surface area contributed by atoms with Crippen LogP contribution in [0, 0.1) is 5.92 Å². The predicted molar refractivity (Wildman–Crippen MR) is 77.7 cm³/mol. The fraction of sp³-hybridized carbons (Fsp3) is 0.562. The Morgan fingerprint density at radius 1 is 1.16 bits per heavy atom. The zero-order valence-corrected chi connectivity index (χ0v) is 11.9. The van der Waals surface area contributed by atoms with E-state index in [0.29, 0.717) is 0 Å². The van der Waals surface area contributed by atoms with Gasteiger partial charge in [0, 0.05) is 12.5 Å². The smallest absolute Gasteiger partial charge is 0.223 e. The van der Waals surface area contributed by atoms with Crippen LogP contribution in [0.2, 0.25) is 0 Å². The van der Waals surface area contributed by atoms with Crippen molar-refractivity contribution in [2.24, 2.45) is 5.92 Å². The van der Waals surface area contributed by atoms with Gasteiger partial charge < -0.3 is 10.4 Å². The molecule has 0 aromatic heterocycles. The molecule has 0 aliphatic carbocycles. The van der Waals surface area contributed by atoms with Gasteiger partial charge >= 0.3 is 0 Å². The van der Waals surface area contributed by atoms with Gasteiger partial charge in [-0.25, -0.2) is 0 Å². The molecule has 0 radical (unpaired) electrons. The van der Waals surface area contributed by atoms with E-state index in [2.05, 4.69) is 19.2 Å². The number of hydrogen-bond acceptors (Lipinski definition) is 2. The number of hydrogen-bond donors (Lipinski definition) is 2. The first-order valence-corrected chi connectivity index (χ1v) is 7.19. The van der Waals surface area contributed by atoms with E-state index in [4.69, 9.17) is 0 Å². The number of carbonyl (C=O) groups is 1. The minimum Gasteiger partial charge on any atom is -0.387 e. The van der Waals surface area contributed by atoms with E-state index >= 15 is 0 Å². The quantitative estimate of drug-likeness (QED) is 0.757. The fourth-order valence-corrected chi connectivity index (χ4v) is 2.24. The van der Waals surface area contributed by atoms with Gasteiger partial charge in [0.1, 0.15) is 0 Å². The lowest BCUT2D eigenvalue weighted by atomic mass is 9.97. The average Bonchev–Trinajstić information content (AvgIpc) is 2.45. The minimum absolute atomic E-state index is 0.0682. The Hall–Kier alpha value is -1.35. The third kappa shape index (κ3) is 5.43. The lowest BCUT2D eigenvalue weighted by molar-refractivity contribution is -0.125. The van der Waals surface area contributed by atoms with Gasteiger partial charge in [-0.15, -0.1) is 0 Å². The summed E-state index contributed by atoms with van der Waals surface area (Å²) in [5, 5.41) is 12.9. The van der Waals surface area contributed by atoms with Crippen LogP contribution in [0.5, 0.6) is 0 Å². The second-order valence-electron chi connectivity index (χ2n) is 4.95. The number of rotatable bonds is 8. The van der Waals surface area contributed by atoms with Crippen molar-refractivity contribution in [1.82, 2.24) is 5.32 Å². The number of carbonyl (C=O) groups excluding carboxylic acids is 1. The molecule has 19 heavy (non-hydrogen) atoms. The summed E-state index contributed by atoms with van der Waals surface area (Å²) in [4.78, 5) is 12.0. The van der Waals surface area contributed by atoms with Gasteiger partial charge in [-0.2, -0.15) is 0 Å². The van der Waals surface area contributed by atoms with Gasteiger partial charge in [0.2, 0.25) is 5.91 Å². The van der Waals surface area contributed by atoms with Crippen molar-refractivity contribution in [1.29, 1.82) is 0 Å². The summed E-state index contributed by atoms with van der Waals surface area (Å²) in [6.45, 7) is 4.47. The maximum absolute atomic E-state index is 12.0. The van der Waals surface area contributed by atoms with Gasteiger partial charge in [-0.05, 0) is 18.4 Å². The first-order chi connectivity index (χ1) is 9.19. The Bertz CT molecular complexity index is 358. The van der Waals surface area contributed by atoms with Crippen LogP contribution < -0.4 is 5.32 Å². The largest absolute Gasteiger partial charge is 0.387 e. The van der Waals surface area contributed by atoms with Crippen LogP contribution in [0.4, 0.5) is 0 Å². The highest BCUT2D eigenvalue weighted by Gasteiger charge is 2.17. The van der Waals surface area contributed by atoms with Crippen LogP contribution >= 0.6 is 0 Å². The summed E-state index contributed by atoms with van der Waals surface area (Å²) >= 11 is 0. The molecule has 1 aromatic rings. The van der Waals surface area contributed by atoms with Gasteiger partial charge in [-0.3, -0.25) is 4.79 Å². The molecule has 1 unspecified atom stereocenters. The molecule has 106 valence electrons. The lowest BCUT2D eigenvalue weighted by Gasteiger charge is -2.17. The highest BCUT2D eigenvalue weighted by molar-refractivity contribution is 5.78. The first kappa shape index (κ1) is 15.7. The highest BCUT2D eigenvalue weighted by atomic mass is 16.3. The molecule has 3 heteroatoms. The molecule has 0 saturated heterocycles. The van der Waals surface area contributed by atoms with Crippen LogP contribution in [0.1, 0.15) is 51.2 Å². The number of benzene rings is 1. The molecule has 2 N–H and O–H groups in total. The molecule has 0 fully saturated rings. The number of aliphatic hydroxyl groups excluding tert-OH is 1. The predicted octanol–water partition coefficient (Wildman–Crippen LogP) is 3.05. The van der Waals surface area contributed by atoms with Crippen molar-refractivity contribution in [3.05, 3.63) is 35.9 Å². The van der Waals surface area contributed by atoms with E-state index in [0.717, 1.165) is 31.2 Å². The van der Waals surface area contributed by atoms with E-state index in [1.807, 2.05) is 30.3 Å². The first-order valence-electron chi connectivity index (χ1n) is 7.19. The summed E-state index contributed by atoms with van der Waals surface area (Å²) in [7, 11) is 0. The summed E-state index contributed by atoms with van der Waals surface area (Å²) < 4.78 is 0. The topological polar surface area (TPSA) is 49.3 Å². The molecule has 0 aliphatic rings. The molecule has 1 rings (SSSR count). The maximum Gasteiger partial charge on any atom is 0.223 e. The zero-order valence-electron chi connectivity index (χ0n) is 11.9. The van der Waals surface area contributed by atoms with Crippen LogP contribution in [0.3, 0.4) is 0 Å². The minimum atomic E-state index is -0.631. The second-order valence-corrected chi connectivity index (χ2v) is 4.95. The summed E-state index contributed by atoms with van der Waals surface area (Å²) in [5.41, 5.74) is 0.838. The average molecular weight is 263 g/mol. The van der Waals surface area contributed by atoms with E-state index in [1.165, 1.54) is 0 Å². The van der Waals surface area contributed by atoms with E-state index in [9.17, 15) is 9.90 Å². The third-order valence-electron chi connectivity index (χ3n) is 3.30. The SMILES string of the molecule is CCCC(CCC)C(=O)NCC(O)c1ccccc1. The molecule has 1 atom stereocenters. The van der Waals surface area contributed by atoms with Gasteiger partial charge in [0.15, 0.2) is 0 Å². The molecule has 0 heterocycles. The Morgan fingerprint density at radius 3 is 2.26 bits per heavy atom. The van der Waals surface area contributed by atoms with Crippen molar-refractivity contribution in [2.45, 2.75) is 45.6 Å². The van der Waals surface area contributed by atoms with Crippen LogP contribution in [0.25, 0.3) is 0 Å². The molecule has 0 aliphatic heterocycles. The lowest BCUT2D eigenvalue weighted by Crippen LogP contribution is -2.33. The Kier molecular flexibility index (Phi) is 7.19. The Labute approximate surface area is 116 Å². The summed E-state index contributed by atoms with van der Waals surface area (Å²) in [5.74, 6) is 0.150. The van der Waals surface area contributed by atoms with Crippen molar-refractivity contribution < 1.29 is 9.90 Å². The highest BCUT2D eigenvalue weighted by Crippen LogP contribution is 2.15. The van der Waals surface area contributed by atoms with Crippen molar-refractivity contribution in [2.75, 3.05) is 6.54 Å². The molecule has 3 nitrogen and oxygen atoms in total. The van der Waals surface area contributed by atoms with E-state index in [1.54, 1.807) is 0 Å². The monoisotopic (exact) mass is 263 g/mol. The van der Waals surface area contributed by atoms with Gasteiger partial charge in [0.25, 0.3) is 0 Å². The summed E-state index contributed by atoms with van der Waals surface area (Å²) in [6.07, 6.45) is 3.23. The van der Waals surface area contributed by atoms with E-state index < -0.39 is 6.10 Å². The molecule has 0 saturated carbocycles. The Balaban J connectivity index is 2.44. The zero-order chi connectivity index (χ0) is 14.1. The molecule has 1 aromatic carbocycles. The third-order valence-corrected chi connectivity index (χ3v) is 3.30. The van der Waals surface area contributed by atoms with Crippen molar-refractivity contribution in [3.63, 3.8) is 0 Å².